The maximum Gasteiger partial charge on any atom is 0.231 e. The number of methoxy groups -OCH3 is 1. The molecule has 0 spiro atoms. The Balaban J connectivity index is 1.47. The molecule has 146 valence electrons. The van der Waals surface area contributed by atoms with Gasteiger partial charge < -0.3 is 15.0 Å². The molecule has 5 heteroatoms. The molecule has 0 saturated heterocycles. The minimum atomic E-state index is 0.0614. The zero-order chi connectivity index (χ0) is 19.5. The van der Waals surface area contributed by atoms with Crippen molar-refractivity contribution in [2.45, 2.75) is 38.5 Å². The fourth-order valence-electron chi connectivity index (χ4n) is 4.20. The van der Waals surface area contributed by atoms with E-state index >= 15 is 0 Å². The summed E-state index contributed by atoms with van der Waals surface area (Å²) in [7, 11) is 1.62. The smallest absolute Gasteiger partial charge is 0.231 e. The van der Waals surface area contributed by atoms with E-state index in [2.05, 4.69) is 5.32 Å². The first-order valence-corrected chi connectivity index (χ1v) is 10.0. The van der Waals surface area contributed by atoms with E-state index in [1.807, 2.05) is 47.4 Å². The first-order valence-electron chi connectivity index (χ1n) is 10.0. The Kier molecular flexibility index (Phi) is 5.33. The third-order valence-electron chi connectivity index (χ3n) is 5.76. The van der Waals surface area contributed by atoms with Crippen molar-refractivity contribution in [2.75, 3.05) is 23.9 Å². The summed E-state index contributed by atoms with van der Waals surface area (Å²) in [5.41, 5.74) is 3.77. The van der Waals surface area contributed by atoms with Gasteiger partial charge in [-0.25, -0.2) is 0 Å². The zero-order valence-electron chi connectivity index (χ0n) is 16.2. The number of nitrogens with zero attached hydrogens (tertiary/aromatic N) is 1. The third-order valence-corrected chi connectivity index (χ3v) is 5.76. The van der Waals surface area contributed by atoms with Crippen molar-refractivity contribution in [1.29, 1.82) is 0 Å². The highest BCUT2D eigenvalue weighted by Crippen LogP contribution is 2.32. The summed E-state index contributed by atoms with van der Waals surface area (Å²) in [5, 5.41) is 3.04. The minimum Gasteiger partial charge on any atom is -0.497 e. The van der Waals surface area contributed by atoms with E-state index in [4.69, 9.17) is 4.74 Å². The van der Waals surface area contributed by atoms with Gasteiger partial charge in [-0.05, 0) is 54.7 Å². The summed E-state index contributed by atoms with van der Waals surface area (Å²) in [6, 6.07) is 13.5. The van der Waals surface area contributed by atoms with E-state index in [1.165, 1.54) is 0 Å². The summed E-state index contributed by atoms with van der Waals surface area (Å²) in [6.45, 7) is 0.679. The fourth-order valence-corrected chi connectivity index (χ4v) is 4.20. The van der Waals surface area contributed by atoms with Crippen LogP contribution in [0.15, 0.2) is 42.5 Å². The molecule has 28 heavy (non-hydrogen) atoms. The van der Waals surface area contributed by atoms with E-state index in [9.17, 15) is 9.59 Å². The number of ether oxygens (including phenoxy) is 1. The highest BCUT2D eigenvalue weighted by Gasteiger charge is 2.26. The van der Waals surface area contributed by atoms with Crippen LogP contribution in [0.5, 0.6) is 5.75 Å². The lowest BCUT2D eigenvalue weighted by molar-refractivity contribution is -0.119. The summed E-state index contributed by atoms with van der Waals surface area (Å²) in [5.74, 6) is 1.04. The maximum absolute atomic E-state index is 12.9. The van der Waals surface area contributed by atoms with Crippen LogP contribution in [0.2, 0.25) is 0 Å². The van der Waals surface area contributed by atoms with Crippen molar-refractivity contribution in [2.24, 2.45) is 5.92 Å². The topological polar surface area (TPSA) is 58.6 Å². The molecule has 1 aliphatic carbocycles. The number of carbonyl (C=O) groups excluding carboxylic acids is 2. The van der Waals surface area contributed by atoms with Gasteiger partial charge in [0, 0.05) is 23.8 Å². The number of fused-ring (bicyclic) bond motifs is 1. The first-order chi connectivity index (χ1) is 13.6. The van der Waals surface area contributed by atoms with Crippen LogP contribution in [-0.2, 0) is 22.4 Å². The molecule has 0 atom stereocenters. The number of amides is 2. The van der Waals surface area contributed by atoms with Gasteiger partial charge in [0.2, 0.25) is 11.8 Å². The number of hydrogen-bond acceptors (Lipinski definition) is 3. The Morgan fingerprint density at radius 2 is 1.96 bits per heavy atom. The van der Waals surface area contributed by atoms with E-state index in [-0.39, 0.29) is 17.7 Å². The monoisotopic (exact) mass is 378 g/mol. The minimum absolute atomic E-state index is 0.0614. The second kappa shape index (κ2) is 8.05. The number of benzene rings is 2. The highest BCUT2D eigenvalue weighted by molar-refractivity contribution is 5.99. The Morgan fingerprint density at radius 1 is 1.14 bits per heavy atom. The molecule has 1 N–H and O–H groups in total. The van der Waals surface area contributed by atoms with Gasteiger partial charge >= 0.3 is 0 Å². The summed E-state index contributed by atoms with van der Waals surface area (Å²) < 4.78 is 5.25. The van der Waals surface area contributed by atoms with Gasteiger partial charge in [-0.15, -0.1) is 0 Å². The molecule has 0 aromatic heterocycles. The van der Waals surface area contributed by atoms with Crippen molar-refractivity contribution in [3.63, 3.8) is 0 Å². The largest absolute Gasteiger partial charge is 0.497 e. The number of anilines is 2. The molecule has 2 aromatic rings. The molecule has 0 bridgehead atoms. The van der Waals surface area contributed by atoms with Crippen LogP contribution in [-0.4, -0.2) is 25.5 Å². The lowest BCUT2D eigenvalue weighted by Crippen LogP contribution is -2.30. The van der Waals surface area contributed by atoms with Crippen molar-refractivity contribution >= 4 is 23.2 Å². The van der Waals surface area contributed by atoms with Gasteiger partial charge in [0.15, 0.2) is 0 Å². The van der Waals surface area contributed by atoms with E-state index in [0.717, 1.165) is 60.4 Å². The summed E-state index contributed by atoms with van der Waals surface area (Å²) in [6.07, 6.45) is 5.39. The summed E-state index contributed by atoms with van der Waals surface area (Å²) in [4.78, 5) is 27.2. The Bertz CT molecular complexity index is 887. The van der Waals surface area contributed by atoms with Gasteiger partial charge in [-0.1, -0.05) is 31.0 Å². The number of hydrogen-bond donors (Lipinski definition) is 1. The highest BCUT2D eigenvalue weighted by atomic mass is 16.5. The second-order valence-electron chi connectivity index (χ2n) is 7.64. The molecule has 2 aliphatic rings. The van der Waals surface area contributed by atoms with Gasteiger partial charge in [0.25, 0.3) is 0 Å². The fraction of sp³-hybridized carbons (Fsp3) is 0.391. The summed E-state index contributed by atoms with van der Waals surface area (Å²) >= 11 is 0. The Labute approximate surface area is 165 Å². The molecule has 2 amide bonds. The van der Waals surface area contributed by atoms with Crippen LogP contribution < -0.4 is 15.0 Å². The van der Waals surface area contributed by atoms with Crippen molar-refractivity contribution in [1.82, 2.24) is 0 Å². The lowest BCUT2D eigenvalue weighted by Gasteiger charge is -2.19. The molecule has 2 aromatic carbocycles. The van der Waals surface area contributed by atoms with E-state index in [1.54, 1.807) is 7.11 Å². The van der Waals surface area contributed by atoms with Crippen LogP contribution in [0.4, 0.5) is 11.4 Å². The predicted octanol–water partition coefficient (Wildman–Crippen LogP) is 3.96. The average Bonchev–Trinajstić information content (AvgIpc) is 3.38. The van der Waals surface area contributed by atoms with Crippen LogP contribution in [0.25, 0.3) is 0 Å². The first kappa shape index (κ1) is 18.5. The van der Waals surface area contributed by atoms with Gasteiger partial charge in [0.05, 0.1) is 13.5 Å². The molecular weight excluding hydrogens is 352 g/mol. The van der Waals surface area contributed by atoms with E-state index in [0.29, 0.717) is 13.0 Å². The second-order valence-corrected chi connectivity index (χ2v) is 7.64. The molecule has 1 aliphatic heterocycles. The molecule has 1 heterocycles. The number of nitrogens with one attached hydrogen (secondary N) is 1. The van der Waals surface area contributed by atoms with Crippen LogP contribution >= 0.6 is 0 Å². The zero-order valence-corrected chi connectivity index (χ0v) is 16.2. The Morgan fingerprint density at radius 3 is 2.75 bits per heavy atom. The molecular formula is C23H26N2O3. The van der Waals surface area contributed by atoms with Crippen LogP contribution in [0, 0.1) is 5.92 Å². The molecule has 0 radical (unpaired) electrons. The van der Waals surface area contributed by atoms with Gasteiger partial charge in [0.1, 0.15) is 5.75 Å². The SMILES string of the molecule is COc1cccc(CC(=O)N2CCc3ccc(NC(=O)C4CCCC4)cc32)c1. The Hall–Kier alpha value is -2.82. The van der Waals surface area contributed by atoms with Crippen LogP contribution in [0.3, 0.4) is 0 Å². The molecule has 5 nitrogen and oxygen atoms in total. The number of rotatable bonds is 5. The molecule has 1 saturated carbocycles. The standard InChI is InChI=1S/C23H26N2O3/c1-28-20-8-4-5-16(13-20)14-22(26)25-12-11-17-9-10-19(15-21(17)25)24-23(27)18-6-2-3-7-18/h4-5,8-10,13,15,18H,2-3,6-7,11-12,14H2,1H3,(H,24,27). The van der Waals surface area contributed by atoms with Crippen molar-refractivity contribution in [3.8, 4) is 5.75 Å². The van der Waals surface area contributed by atoms with Gasteiger partial charge in [-0.3, -0.25) is 9.59 Å². The number of carbonyl (C=O) groups is 2. The van der Waals surface area contributed by atoms with Crippen molar-refractivity contribution in [3.05, 3.63) is 53.6 Å². The van der Waals surface area contributed by atoms with E-state index < -0.39 is 0 Å². The lowest BCUT2D eigenvalue weighted by atomic mass is 10.1. The quantitative estimate of drug-likeness (QED) is 0.857. The third kappa shape index (κ3) is 3.88. The van der Waals surface area contributed by atoms with Crippen LogP contribution in [0.1, 0.15) is 36.8 Å². The average molecular weight is 378 g/mol. The predicted molar refractivity (Wildman–Crippen MR) is 110 cm³/mol. The normalized spacial score (nSPS) is 16.1. The van der Waals surface area contributed by atoms with Gasteiger partial charge in [-0.2, -0.15) is 0 Å². The molecule has 0 unspecified atom stereocenters. The maximum atomic E-state index is 12.9. The molecule has 4 rings (SSSR count). The molecule has 1 fully saturated rings. The van der Waals surface area contributed by atoms with Crippen molar-refractivity contribution < 1.29 is 14.3 Å².